The van der Waals surface area contributed by atoms with Crippen LogP contribution >= 0.6 is 0 Å². The number of hydrogen-bond acceptors (Lipinski definition) is 8. The lowest BCUT2D eigenvalue weighted by Gasteiger charge is -2.22. The standard InChI is InChI=1S/C27H34N6O3/c1-8-20(21-10-9-18(2)15-19(21)3)22-11-12-28-27(29-22)30-23-16-25(33(34)35)24(17-26(23)36-7)32(6)14-13-31(4)5/h8-12,15-17H,13-14H2,1-7H3,(H,28,29,30)/b20-8+. The molecule has 190 valence electrons. The van der Waals surface area contributed by atoms with Crippen molar-refractivity contribution in [1.29, 1.82) is 0 Å². The third-order valence-electron chi connectivity index (χ3n) is 5.93. The summed E-state index contributed by atoms with van der Waals surface area (Å²) in [6, 6.07) is 11.3. The molecular formula is C27H34N6O3. The van der Waals surface area contributed by atoms with Crippen LogP contribution < -0.4 is 15.0 Å². The van der Waals surface area contributed by atoms with Gasteiger partial charge >= 0.3 is 0 Å². The molecule has 1 N–H and O–H groups in total. The molecule has 0 amide bonds. The molecule has 9 nitrogen and oxygen atoms in total. The number of nitrogens with zero attached hydrogens (tertiary/aromatic N) is 5. The molecule has 0 saturated carbocycles. The number of hydrogen-bond donors (Lipinski definition) is 1. The number of likely N-dealkylation sites (N-methyl/N-ethyl adjacent to an activating group) is 2. The molecule has 0 aliphatic heterocycles. The highest BCUT2D eigenvalue weighted by atomic mass is 16.6. The number of benzene rings is 2. The highest BCUT2D eigenvalue weighted by Crippen LogP contribution is 2.39. The number of rotatable bonds is 10. The Morgan fingerprint density at radius 1 is 1.14 bits per heavy atom. The van der Waals surface area contributed by atoms with Crippen LogP contribution in [-0.2, 0) is 0 Å². The first-order chi connectivity index (χ1) is 17.1. The molecule has 0 bridgehead atoms. The first-order valence-electron chi connectivity index (χ1n) is 11.7. The average molecular weight is 491 g/mol. The molecule has 0 aliphatic rings. The van der Waals surface area contributed by atoms with Crippen LogP contribution in [0.25, 0.3) is 5.57 Å². The van der Waals surface area contributed by atoms with Gasteiger partial charge in [0.2, 0.25) is 5.95 Å². The number of aromatic nitrogens is 2. The summed E-state index contributed by atoms with van der Waals surface area (Å²) in [6.07, 6.45) is 3.69. The fourth-order valence-corrected chi connectivity index (χ4v) is 3.99. The number of methoxy groups -OCH3 is 1. The minimum atomic E-state index is -0.387. The van der Waals surface area contributed by atoms with Crippen LogP contribution in [0.15, 0.2) is 48.7 Å². The monoisotopic (exact) mass is 490 g/mol. The van der Waals surface area contributed by atoms with Crippen LogP contribution in [0.2, 0.25) is 0 Å². The van der Waals surface area contributed by atoms with E-state index in [0.29, 0.717) is 29.6 Å². The number of nitro benzene ring substituents is 1. The smallest absolute Gasteiger partial charge is 0.294 e. The van der Waals surface area contributed by atoms with E-state index in [9.17, 15) is 10.1 Å². The van der Waals surface area contributed by atoms with Crippen molar-refractivity contribution in [2.24, 2.45) is 0 Å². The Bertz CT molecular complexity index is 1270. The Morgan fingerprint density at radius 3 is 2.50 bits per heavy atom. The topological polar surface area (TPSA) is 96.7 Å². The van der Waals surface area contributed by atoms with Crippen molar-refractivity contribution in [3.8, 4) is 5.75 Å². The second-order valence-electron chi connectivity index (χ2n) is 8.93. The highest BCUT2D eigenvalue weighted by molar-refractivity contribution is 5.80. The molecule has 0 atom stereocenters. The number of allylic oxidation sites excluding steroid dienone is 1. The second kappa shape index (κ2) is 11.6. The third kappa shape index (κ3) is 6.17. The van der Waals surface area contributed by atoms with Crippen LogP contribution in [0.1, 0.15) is 29.3 Å². The molecule has 0 radical (unpaired) electrons. The van der Waals surface area contributed by atoms with Gasteiger partial charge in [-0.2, -0.15) is 0 Å². The molecule has 36 heavy (non-hydrogen) atoms. The number of nitrogens with one attached hydrogen (secondary N) is 1. The third-order valence-corrected chi connectivity index (χ3v) is 5.93. The fraction of sp³-hybridized carbons (Fsp3) is 0.333. The van der Waals surface area contributed by atoms with Crippen LogP contribution in [0.4, 0.5) is 23.0 Å². The summed E-state index contributed by atoms with van der Waals surface area (Å²) in [5.41, 5.74) is 6.03. The summed E-state index contributed by atoms with van der Waals surface area (Å²) in [6.45, 7) is 7.50. The minimum Gasteiger partial charge on any atom is -0.494 e. The van der Waals surface area contributed by atoms with E-state index in [0.717, 1.165) is 28.9 Å². The van der Waals surface area contributed by atoms with E-state index in [2.05, 4.69) is 42.3 Å². The maximum atomic E-state index is 11.9. The predicted molar refractivity (Wildman–Crippen MR) is 145 cm³/mol. The Labute approximate surface area is 212 Å². The van der Waals surface area contributed by atoms with E-state index in [-0.39, 0.29) is 10.6 Å². The van der Waals surface area contributed by atoms with Crippen molar-refractivity contribution < 1.29 is 9.66 Å². The summed E-state index contributed by atoms with van der Waals surface area (Å²) in [5, 5.41) is 15.0. The van der Waals surface area contributed by atoms with Gasteiger partial charge in [0, 0.05) is 44.0 Å². The van der Waals surface area contributed by atoms with Crippen molar-refractivity contribution in [3.05, 3.63) is 81.2 Å². The van der Waals surface area contributed by atoms with E-state index < -0.39 is 0 Å². The Kier molecular flexibility index (Phi) is 8.60. The molecule has 0 fully saturated rings. The predicted octanol–water partition coefficient (Wildman–Crippen LogP) is 5.20. The van der Waals surface area contributed by atoms with Crippen LogP contribution in [0.5, 0.6) is 5.75 Å². The fourth-order valence-electron chi connectivity index (χ4n) is 3.99. The van der Waals surface area contributed by atoms with Gasteiger partial charge in [0.05, 0.1) is 23.4 Å². The maximum absolute atomic E-state index is 11.9. The van der Waals surface area contributed by atoms with Gasteiger partial charge in [0.15, 0.2) is 0 Å². The molecule has 0 unspecified atom stereocenters. The largest absolute Gasteiger partial charge is 0.494 e. The number of aryl methyl sites for hydroxylation is 2. The van der Waals surface area contributed by atoms with E-state index in [1.165, 1.54) is 18.7 Å². The van der Waals surface area contributed by atoms with Gasteiger partial charge < -0.3 is 19.9 Å². The summed E-state index contributed by atoms with van der Waals surface area (Å²) in [7, 11) is 7.29. The van der Waals surface area contributed by atoms with Crippen molar-refractivity contribution >= 4 is 28.6 Å². The van der Waals surface area contributed by atoms with Crippen molar-refractivity contribution in [2.45, 2.75) is 20.8 Å². The first-order valence-corrected chi connectivity index (χ1v) is 11.7. The van der Waals surface area contributed by atoms with E-state index in [1.807, 2.05) is 50.0 Å². The SMILES string of the molecule is C/C=C(/c1ccnc(Nc2cc([N+](=O)[O-])c(N(C)CCN(C)C)cc2OC)n1)c1ccc(C)cc1C. The zero-order valence-corrected chi connectivity index (χ0v) is 22.0. The van der Waals surface area contributed by atoms with Crippen molar-refractivity contribution in [1.82, 2.24) is 14.9 Å². The van der Waals surface area contributed by atoms with Crippen molar-refractivity contribution in [2.75, 3.05) is 51.6 Å². The zero-order chi connectivity index (χ0) is 26.4. The Hall–Kier alpha value is -3.98. The van der Waals surface area contributed by atoms with E-state index >= 15 is 0 Å². The van der Waals surface area contributed by atoms with Crippen molar-refractivity contribution in [3.63, 3.8) is 0 Å². The zero-order valence-electron chi connectivity index (χ0n) is 22.0. The van der Waals surface area contributed by atoms with Crippen LogP contribution in [0.3, 0.4) is 0 Å². The van der Waals surface area contributed by atoms with Crippen LogP contribution in [0, 0.1) is 24.0 Å². The van der Waals surface area contributed by atoms with Gasteiger partial charge in [0.1, 0.15) is 11.4 Å². The van der Waals surface area contributed by atoms with E-state index in [1.54, 1.807) is 12.3 Å². The minimum absolute atomic E-state index is 0.0277. The highest BCUT2D eigenvalue weighted by Gasteiger charge is 2.22. The molecule has 9 heteroatoms. The molecule has 3 rings (SSSR count). The van der Waals surface area contributed by atoms with Gasteiger partial charge in [-0.3, -0.25) is 10.1 Å². The van der Waals surface area contributed by atoms with E-state index in [4.69, 9.17) is 9.72 Å². The van der Waals surface area contributed by atoms with Crippen LogP contribution in [-0.4, -0.2) is 61.1 Å². The van der Waals surface area contributed by atoms with Gasteiger partial charge in [-0.1, -0.05) is 29.8 Å². The number of anilines is 3. The molecule has 2 aromatic carbocycles. The molecule has 0 saturated heterocycles. The lowest BCUT2D eigenvalue weighted by Crippen LogP contribution is -2.28. The molecule has 0 aliphatic carbocycles. The second-order valence-corrected chi connectivity index (χ2v) is 8.93. The molecule has 1 aromatic heterocycles. The van der Waals surface area contributed by atoms with Gasteiger partial charge in [-0.05, 0) is 52.1 Å². The Morgan fingerprint density at radius 2 is 1.89 bits per heavy atom. The summed E-state index contributed by atoms with van der Waals surface area (Å²) >= 11 is 0. The normalized spacial score (nSPS) is 11.5. The molecule has 3 aromatic rings. The molecule has 1 heterocycles. The first kappa shape index (κ1) is 26.6. The Balaban J connectivity index is 1.98. The number of ether oxygens (including phenoxy) is 1. The van der Waals surface area contributed by atoms with Gasteiger partial charge in [-0.25, -0.2) is 9.97 Å². The average Bonchev–Trinajstić information content (AvgIpc) is 2.84. The molecule has 0 spiro atoms. The summed E-state index contributed by atoms with van der Waals surface area (Å²) < 4.78 is 5.57. The van der Waals surface area contributed by atoms with Gasteiger partial charge in [-0.15, -0.1) is 0 Å². The maximum Gasteiger partial charge on any atom is 0.294 e. The lowest BCUT2D eigenvalue weighted by molar-refractivity contribution is -0.384. The summed E-state index contributed by atoms with van der Waals surface area (Å²) in [4.78, 5) is 24.5. The lowest BCUT2D eigenvalue weighted by atomic mass is 9.96. The molecular weight excluding hydrogens is 456 g/mol. The number of nitro groups is 1. The summed E-state index contributed by atoms with van der Waals surface area (Å²) in [5.74, 6) is 0.778. The van der Waals surface area contributed by atoms with Gasteiger partial charge in [0.25, 0.3) is 5.69 Å². The quantitative estimate of drug-likeness (QED) is 0.306.